The maximum atomic E-state index is 11.8. The quantitative estimate of drug-likeness (QED) is 0.852. The molecular formula is C15H13N5O2. The molecule has 0 bridgehead atoms. The van der Waals surface area contributed by atoms with E-state index in [1.807, 2.05) is 12.1 Å². The Morgan fingerprint density at radius 2 is 2.18 bits per heavy atom. The van der Waals surface area contributed by atoms with Gasteiger partial charge >= 0.3 is 5.97 Å². The highest BCUT2D eigenvalue weighted by molar-refractivity contribution is 5.91. The van der Waals surface area contributed by atoms with E-state index in [-0.39, 0.29) is 30.2 Å². The van der Waals surface area contributed by atoms with Crippen LogP contribution in [0.3, 0.4) is 0 Å². The molecule has 2 N–H and O–H groups in total. The van der Waals surface area contributed by atoms with Crippen LogP contribution in [-0.2, 0) is 11.3 Å². The Kier molecular flexibility index (Phi) is 4.40. The molecule has 1 aromatic heterocycles. The molecule has 0 saturated heterocycles. The van der Waals surface area contributed by atoms with Gasteiger partial charge in [0.05, 0.1) is 24.8 Å². The lowest BCUT2D eigenvalue weighted by atomic mass is 10.1. The lowest BCUT2D eigenvalue weighted by molar-refractivity contribution is 0.0518. The van der Waals surface area contributed by atoms with E-state index in [0.29, 0.717) is 5.56 Å². The number of esters is 1. The highest BCUT2D eigenvalue weighted by Gasteiger charge is 2.22. The first-order valence-corrected chi connectivity index (χ1v) is 6.53. The number of rotatable bonds is 4. The minimum atomic E-state index is -0.685. The second-order valence-corrected chi connectivity index (χ2v) is 4.41. The number of nitrogens with zero attached hydrogens (tertiary/aromatic N) is 4. The van der Waals surface area contributed by atoms with Gasteiger partial charge in [0.1, 0.15) is 17.5 Å². The number of nitrogen functional groups attached to an aromatic ring is 1. The fraction of sp³-hybridized carbons (Fsp3) is 0.200. The molecule has 7 nitrogen and oxygen atoms in total. The van der Waals surface area contributed by atoms with E-state index in [4.69, 9.17) is 21.0 Å². The van der Waals surface area contributed by atoms with Crippen LogP contribution < -0.4 is 5.73 Å². The first-order chi connectivity index (χ1) is 10.6. The van der Waals surface area contributed by atoms with Crippen molar-refractivity contribution in [3.05, 3.63) is 46.6 Å². The summed E-state index contributed by atoms with van der Waals surface area (Å²) in [7, 11) is 0. The fourth-order valence-electron chi connectivity index (χ4n) is 1.96. The first-order valence-electron chi connectivity index (χ1n) is 6.53. The third-order valence-corrected chi connectivity index (χ3v) is 2.96. The van der Waals surface area contributed by atoms with Gasteiger partial charge in [0.25, 0.3) is 0 Å². The van der Waals surface area contributed by atoms with Gasteiger partial charge in [0, 0.05) is 0 Å². The topological polar surface area (TPSA) is 118 Å². The summed E-state index contributed by atoms with van der Waals surface area (Å²) < 4.78 is 6.21. The van der Waals surface area contributed by atoms with Crippen molar-refractivity contribution in [2.75, 3.05) is 12.3 Å². The van der Waals surface area contributed by atoms with Gasteiger partial charge in [-0.1, -0.05) is 12.1 Å². The zero-order valence-corrected chi connectivity index (χ0v) is 11.9. The van der Waals surface area contributed by atoms with Gasteiger partial charge in [-0.05, 0) is 24.6 Å². The second-order valence-electron chi connectivity index (χ2n) is 4.41. The summed E-state index contributed by atoms with van der Waals surface area (Å²) in [4.78, 5) is 11.8. The Balaban J connectivity index is 2.38. The molecule has 2 rings (SSSR count). The van der Waals surface area contributed by atoms with Crippen LogP contribution in [0.2, 0.25) is 0 Å². The lowest BCUT2D eigenvalue weighted by Crippen LogP contribution is -2.09. The number of ether oxygens (including phenoxy) is 1. The van der Waals surface area contributed by atoms with E-state index in [1.165, 1.54) is 4.68 Å². The van der Waals surface area contributed by atoms with Crippen LogP contribution in [0.15, 0.2) is 24.3 Å². The van der Waals surface area contributed by atoms with Gasteiger partial charge in [-0.25, -0.2) is 9.48 Å². The van der Waals surface area contributed by atoms with Crippen LogP contribution in [0.1, 0.15) is 34.1 Å². The third kappa shape index (κ3) is 2.89. The normalized spacial score (nSPS) is 9.77. The zero-order valence-electron chi connectivity index (χ0n) is 11.9. The van der Waals surface area contributed by atoms with Crippen molar-refractivity contribution in [3.8, 4) is 12.1 Å². The highest BCUT2D eigenvalue weighted by atomic mass is 16.5. The van der Waals surface area contributed by atoms with E-state index < -0.39 is 5.97 Å². The predicted molar refractivity (Wildman–Crippen MR) is 77.6 cm³/mol. The van der Waals surface area contributed by atoms with Gasteiger partial charge < -0.3 is 10.5 Å². The highest BCUT2D eigenvalue weighted by Crippen LogP contribution is 2.18. The Hall–Kier alpha value is -3.32. The standard InChI is InChI=1S/C15H13N5O2/c1-2-22-15(21)13-12(8-17)14(18)20(19-13)9-11-5-3-4-10(6-11)7-16/h3-6H,2,9,18H2,1H3. The minimum absolute atomic E-state index is 0.00473. The largest absolute Gasteiger partial charge is 0.461 e. The molecular weight excluding hydrogens is 282 g/mol. The summed E-state index contributed by atoms with van der Waals surface area (Å²) in [6, 6.07) is 10.8. The maximum Gasteiger partial charge on any atom is 0.360 e. The number of nitrogens with two attached hydrogens (primary N) is 1. The molecule has 0 aliphatic heterocycles. The summed E-state index contributed by atoms with van der Waals surface area (Å²) in [5, 5.41) is 22.1. The van der Waals surface area contributed by atoms with Crippen molar-refractivity contribution in [1.82, 2.24) is 9.78 Å². The monoisotopic (exact) mass is 295 g/mol. The number of benzene rings is 1. The van der Waals surface area contributed by atoms with E-state index in [0.717, 1.165) is 5.56 Å². The molecule has 1 heterocycles. The maximum absolute atomic E-state index is 11.8. The Labute approximate surface area is 127 Å². The van der Waals surface area contributed by atoms with Gasteiger partial charge in [0.15, 0.2) is 5.69 Å². The fourth-order valence-corrected chi connectivity index (χ4v) is 1.96. The molecule has 0 spiro atoms. The van der Waals surface area contributed by atoms with E-state index in [2.05, 4.69) is 5.10 Å². The molecule has 0 amide bonds. The SMILES string of the molecule is CCOC(=O)c1nn(Cc2cccc(C#N)c2)c(N)c1C#N. The molecule has 1 aromatic carbocycles. The summed E-state index contributed by atoms with van der Waals surface area (Å²) in [5.74, 6) is -0.594. The van der Waals surface area contributed by atoms with Crippen LogP contribution in [0.25, 0.3) is 0 Å². The Morgan fingerprint density at radius 3 is 2.82 bits per heavy atom. The first kappa shape index (κ1) is 15.1. The van der Waals surface area contributed by atoms with E-state index in [1.54, 1.807) is 31.2 Å². The van der Waals surface area contributed by atoms with Crippen molar-refractivity contribution in [3.63, 3.8) is 0 Å². The number of nitriles is 2. The second kappa shape index (κ2) is 6.42. The molecule has 0 aliphatic carbocycles. The smallest absolute Gasteiger partial charge is 0.360 e. The lowest BCUT2D eigenvalue weighted by Gasteiger charge is -2.04. The number of hydrogen-bond acceptors (Lipinski definition) is 6. The molecule has 110 valence electrons. The molecule has 0 saturated carbocycles. The third-order valence-electron chi connectivity index (χ3n) is 2.96. The Bertz CT molecular complexity index is 795. The number of carbonyl (C=O) groups excluding carboxylic acids is 1. The molecule has 2 aromatic rings. The van der Waals surface area contributed by atoms with E-state index >= 15 is 0 Å². The summed E-state index contributed by atoms with van der Waals surface area (Å²) in [5.41, 5.74) is 7.06. The molecule has 0 aliphatic rings. The molecule has 0 radical (unpaired) electrons. The van der Waals surface area contributed by atoms with Crippen LogP contribution in [0, 0.1) is 22.7 Å². The molecule has 22 heavy (non-hydrogen) atoms. The van der Waals surface area contributed by atoms with Crippen molar-refractivity contribution < 1.29 is 9.53 Å². The molecule has 7 heteroatoms. The van der Waals surface area contributed by atoms with Crippen molar-refractivity contribution >= 4 is 11.8 Å². The van der Waals surface area contributed by atoms with E-state index in [9.17, 15) is 4.79 Å². The molecule has 0 unspecified atom stereocenters. The molecule has 0 atom stereocenters. The van der Waals surface area contributed by atoms with Crippen molar-refractivity contribution in [2.45, 2.75) is 13.5 Å². The summed E-state index contributed by atoms with van der Waals surface area (Å²) >= 11 is 0. The number of hydrogen-bond donors (Lipinski definition) is 1. The zero-order chi connectivity index (χ0) is 16.1. The average Bonchev–Trinajstić information content (AvgIpc) is 2.84. The minimum Gasteiger partial charge on any atom is -0.461 e. The van der Waals surface area contributed by atoms with Crippen LogP contribution in [0.5, 0.6) is 0 Å². The van der Waals surface area contributed by atoms with Crippen molar-refractivity contribution in [2.24, 2.45) is 0 Å². The van der Waals surface area contributed by atoms with Crippen LogP contribution in [0.4, 0.5) is 5.82 Å². The summed E-state index contributed by atoms with van der Waals surface area (Å²) in [6.45, 7) is 2.09. The molecule has 0 fully saturated rings. The Morgan fingerprint density at radius 1 is 1.41 bits per heavy atom. The number of aromatic nitrogens is 2. The summed E-state index contributed by atoms with van der Waals surface area (Å²) in [6.07, 6.45) is 0. The van der Waals surface area contributed by atoms with Crippen LogP contribution >= 0.6 is 0 Å². The van der Waals surface area contributed by atoms with Gasteiger partial charge in [-0.3, -0.25) is 0 Å². The number of anilines is 1. The number of carbonyl (C=O) groups is 1. The van der Waals surface area contributed by atoms with Crippen molar-refractivity contribution in [1.29, 1.82) is 10.5 Å². The van der Waals surface area contributed by atoms with Gasteiger partial charge in [-0.2, -0.15) is 15.6 Å². The van der Waals surface area contributed by atoms with Gasteiger partial charge in [-0.15, -0.1) is 0 Å². The predicted octanol–water partition coefficient (Wildman–Crippen LogP) is 1.43. The van der Waals surface area contributed by atoms with Crippen LogP contribution in [-0.4, -0.2) is 22.4 Å². The average molecular weight is 295 g/mol. The van der Waals surface area contributed by atoms with Gasteiger partial charge in [0.2, 0.25) is 0 Å².